The van der Waals surface area contributed by atoms with E-state index in [0.29, 0.717) is 39.1 Å². The van der Waals surface area contributed by atoms with Crippen molar-refractivity contribution in [1.29, 1.82) is 0 Å². The molecule has 0 fully saturated rings. The first-order chi connectivity index (χ1) is 20.3. The zero-order valence-electron chi connectivity index (χ0n) is 23.2. The Balaban J connectivity index is 1.57. The number of fused-ring (bicyclic) bond motifs is 1. The highest BCUT2D eigenvalue weighted by Crippen LogP contribution is 2.33. The highest BCUT2D eigenvalue weighted by Gasteiger charge is 2.20. The van der Waals surface area contributed by atoms with E-state index in [9.17, 15) is 9.59 Å². The number of thiazole rings is 1. The Kier molecular flexibility index (Phi) is 7.40. The zero-order chi connectivity index (χ0) is 29.4. The van der Waals surface area contributed by atoms with Crippen LogP contribution in [0.1, 0.15) is 24.6 Å². The van der Waals surface area contributed by atoms with Crippen LogP contribution in [0.25, 0.3) is 16.9 Å². The molecule has 1 aliphatic heterocycles. The van der Waals surface area contributed by atoms with Gasteiger partial charge in [-0.2, -0.15) is 5.10 Å². The van der Waals surface area contributed by atoms with Gasteiger partial charge in [0.05, 0.1) is 28.5 Å². The summed E-state index contributed by atoms with van der Waals surface area (Å²) in [6.45, 7) is 3.88. The number of nitrogens with zero attached hydrogens (tertiary/aromatic N) is 5. The zero-order valence-corrected chi connectivity index (χ0v) is 24.7. The predicted octanol–water partition coefficient (Wildman–Crippen LogP) is 5.89. The van der Waals surface area contributed by atoms with Crippen molar-refractivity contribution in [3.8, 4) is 22.7 Å². The number of rotatable bonds is 6. The number of nitrogens with one attached hydrogen (secondary N) is 1. The van der Waals surface area contributed by atoms with Crippen LogP contribution in [0.4, 0.5) is 11.4 Å². The average molecular weight is 599 g/mol. The van der Waals surface area contributed by atoms with Gasteiger partial charge in [-0.1, -0.05) is 48.9 Å². The van der Waals surface area contributed by atoms with Crippen LogP contribution in [0.5, 0.6) is 5.75 Å². The van der Waals surface area contributed by atoms with Gasteiger partial charge >= 0.3 is 0 Å². The number of amides is 1. The minimum Gasteiger partial charge on any atom is -0.482 e. The van der Waals surface area contributed by atoms with Gasteiger partial charge in [-0.15, -0.1) is 11.3 Å². The summed E-state index contributed by atoms with van der Waals surface area (Å²) < 4.78 is 10.7. The first-order valence-electron chi connectivity index (χ1n) is 13.3. The molecule has 42 heavy (non-hydrogen) atoms. The van der Waals surface area contributed by atoms with Crippen LogP contribution in [0.3, 0.4) is 0 Å². The normalized spacial score (nSPS) is 13.6. The molecule has 11 heteroatoms. The van der Waals surface area contributed by atoms with E-state index in [2.05, 4.69) is 5.32 Å². The fourth-order valence-corrected chi connectivity index (χ4v) is 5.84. The van der Waals surface area contributed by atoms with Crippen LogP contribution >= 0.6 is 22.9 Å². The molecule has 0 saturated heterocycles. The second kappa shape index (κ2) is 11.3. The van der Waals surface area contributed by atoms with Crippen LogP contribution in [-0.2, 0) is 11.8 Å². The second-order valence-electron chi connectivity index (χ2n) is 9.70. The molecule has 0 radical (unpaired) electrons. The lowest BCUT2D eigenvalue weighted by atomic mass is 10.1. The molecular weight excluding hydrogens is 572 g/mol. The molecule has 0 spiro atoms. The lowest BCUT2D eigenvalue weighted by molar-refractivity contribution is -0.118. The molecule has 3 heterocycles. The molecule has 6 rings (SSSR count). The minimum absolute atomic E-state index is 0.0193. The fraction of sp³-hybridized carbons (Fsp3) is 0.161. The number of hydrogen-bond acceptors (Lipinski definition) is 6. The molecule has 1 aliphatic rings. The molecule has 9 nitrogen and oxygen atoms in total. The summed E-state index contributed by atoms with van der Waals surface area (Å²) in [4.78, 5) is 31.1. The number of carbonyl (C=O) groups excluding carboxylic acids is 1. The molecule has 1 N–H and O–H groups in total. The summed E-state index contributed by atoms with van der Waals surface area (Å²) in [5.74, 6) is 0.387. The third kappa shape index (κ3) is 5.10. The van der Waals surface area contributed by atoms with Crippen molar-refractivity contribution < 1.29 is 9.53 Å². The fourth-order valence-electron chi connectivity index (χ4n) is 4.81. The van der Waals surface area contributed by atoms with Crippen molar-refractivity contribution in [3.63, 3.8) is 0 Å². The first kappa shape index (κ1) is 27.5. The minimum atomic E-state index is -0.231. The summed E-state index contributed by atoms with van der Waals surface area (Å²) >= 11 is 7.68. The third-order valence-corrected chi connectivity index (χ3v) is 8.09. The van der Waals surface area contributed by atoms with Gasteiger partial charge in [0, 0.05) is 23.0 Å². The number of aromatic nitrogens is 3. The van der Waals surface area contributed by atoms with Crippen LogP contribution in [0.15, 0.2) is 93.1 Å². The van der Waals surface area contributed by atoms with Gasteiger partial charge in [0.25, 0.3) is 11.5 Å². The number of para-hydroxylation sites is 1. The molecule has 0 aliphatic carbocycles. The maximum Gasteiger partial charge on any atom is 0.297 e. The Hall–Kier alpha value is -4.67. The molecule has 5 aromatic rings. The first-order valence-corrected chi connectivity index (χ1v) is 14.6. The monoisotopic (exact) mass is 598 g/mol. The molecule has 0 bridgehead atoms. The lowest BCUT2D eigenvalue weighted by Crippen LogP contribution is -2.25. The van der Waals surface area contributed by atoms with Gasteiger partial charge in [-0.05, 0) is 61.4 Å². The van der Waals surface area contributed by atoms with E-state index in [-0.39, 0.29) is 18.1 Å². The number of carbonyl (C=O) groups is 1. The standard InChI is InChI=1S/C31H27ClN6O3S/c1-4-24(20-9-8-10-22(32)15-20)35-37-26(21-13-14-27-25(16-21)33-28(39)17-41-27)18-42-31(37)34-29-19(2)36(3)38(30(29)40)23-11-6-5-7-12-23/h5-16,18H,4,17H2,1-3H3,(H,33,39). The van der Waals surface area contributed by atoms with Crippen molar-refractivity contribution in [3.05, 3.63) is 110 Å². The highest BCUT2D eigenvalue weighted by atomic mass is 35.5. The number of hydrogen-bond donors (Lipinski definition) is 1. The molecular formula is C31H27ClN6O3S. The maximum atomic E-state index is 13.7. The summed E-state index contributed by atoms with van der Waals surface area (Å²) in [6, 6.07) is 22.6. The SMILES string of the molecule is CCC(=Nn1c(-c2ccc3c(c2)NC(=O)CO3)csc1=Nc1c(C)n(C)n(-c2ccccc2)c1=O)c1cccc(Cl)c1. The van der Waals surface area contributed by atoms with Gasteiger partial charge < -0.3 is 10.1 Å². The van der Waals surface area contributed by atoms with E-state index < -0.39 is 0 Å². The van der Waals surface area contributed by atoms with Gasteiger partial charge in [0.1, 0.15) is 5.75 Å². The van der Waals surface area contributed by atoms with Gasteiger partial charge in [0.15, 0.2) is 12.3 Å². The topological polar surface area (TPSA) is 94.9 Å². The van der Waals surface area contributed by atoms with Gasteiger partial charge in [-0.3, -0.25) is 14.3 Å². The largest absolute Gasteiger partial charge is 0.482 e. The van der Waals surface area contributed by atoms with Crippen molar-refractivity contribution in [2.75, 3.05) is 11.9 Å². The Morgan fingerprint density at radius 2 is 1.88 bits per heavy atom. The second-order valence-corrected chi connectivity index (χ2v) is 11.0. The summed E-state index contributed by atoms with van der Waals surface area (Å²) in [6.07, 6.45) is 0.626. The van der Waals surface area contributed by atoms with E-state index in [1.165, 1.54) is 11.3 Å². The average Bonchev–Trinajstić information content (AvgIpc) is 3.48. The van der Waals surface area contributed by atoms with Gasteiger partial charge in [-0.25, -0.2) is 14.4 Å². The molecule has 0 saturated carbocycles. The number of ether oxygens (including phenoxy) is 1. The van der Waals surface area contributed by atoms with E-state index >= 15 is 0 Å². The summed E-state index contributed by atoms with van der Waals surface area (Å²) in [7, 11) is 1.84. The molecule has 2 aromatic heterocycles. The van der Waals surface area contributed by atoms with Crippen LogP contribution in [0.2, 0.25) is 5.02 Å². The van der Waals surface area contributed by atoms with Crippen LogP contribution < -0.4 is 20.4 Å². The lowest BCUT2D eigenvalue weighted by Gasteiger charge is -2.18. The molecule has 0 atom stereocenters. The Morgan fingerprint density at radius 1 is 1.07 bits per heavy atom. The summed E-state index contributed by atoms with van der Waals surface area (Å²) in [5, 5.41) is 10.5. The number of anilines is 1. The van der Waals surface area contributed by atoms with Crippen molar-refractivity contribution in [2.24, 2.45) is 17.1 Å². The molecule has 212 valence electrons. The van der Waals surface area contributed by atoms with Crippen molar-refractivity contribution in [1.82, 2.24) is 14.0 Å². The third-order valence-electron chi connectivity index (χ3n) is 7.04. The van der Waals surface area contributed by atoms with E-state index in [1.54, 1.807) is 14.0 Å². The quantitative estimate of drug-likeness (QED) is 0.247. The van der Waals surface area contributed by atoms with Crippen molar-refractivity contribution >= 4 is 45.9 Å². The van der Waals surface area contributed by atoms with Crippen LogP contribution in [0, 0.1) is 6.92 Å². The summed E-state index contributed by atoms with van der Waals surface area (Å²) in [5.41, 5.74) is 5.36. The predicted molar refractivity (Wildman–Crippen MR) is 167 cm³/mol. The van der Waals surface area contributed by atoms with Crippen LogP contribution in [-0.4, -0.2) is 32.3 Å². The van der Waals surface area contributed by atoms with Crippen molar-refractivity contribution in [2.45, 2.75) is 20.3 Å². The van der Waals surface area contributed by atoms with E-state index in [1.807, 2.05) is 99.1 Å². The Labute approximate surface area is 250 Å². The Bertz CT molecular complexity index is 1980. The molecule has 1 amide bonds. The number of benzene rings is 3. The highest BCUT2D eigenvalue weighted by molar-refractivity contribution is 7.07. The maximum absolute atomic E-state index is 13.7. The Morgan fingerprint density at radius 3 is 2.64 bits per heavy atom. The molecule has 3 aromatic carbocycles. The number of halogens is 1. The van der Waals surface area contributed by atoms with E-state index in [4.69, 9.17) is 26.4 Å². The molecule has 0 unspecified atom stereocenters. The van der Waals surface area contributed by atoms with Gasteiger partial charge in [0.2, 0.25) is 4.80 Å². The smallest absolute Gasteiger partial charge is 0.297 e. The van der Waals surface area contributed by atoms with E-state index in [0.717, 1.165) is 28.2 Å².